The average molecular weight is 421 g/mol. The summed E-state index contributed by atoms with van der Waals surface area (Å²) in [6.45, 7) is 2.11. The summed E-state index contributed by atoms with van der Waals surface area (Å²) < 4.78 is 9.03. The van der Waals surface area contributed by atoms with Gasteiger partial charge in [0.15, 0.2) is 5.69 Å². The van der Waals surface area contributed by atoms with Crippen molar-refractivity contribution in [3.05, 3.63) is 52.4 Å². The number of aromatic nitrogens is 4. The predicted octanol–water partition coefficient (Wildman–Crippen LogP) is 1.85. The first-order chi connectivity index (χ1) is 12.4. The standard InChI is InChI=1S/C16H17BrN6O3/c1-10-12(17)7-19-23(10)9-14(24)20-13-8-22(2)21-15(13)16(25)18-6-11-4-3-5-26-11/h3-5,7-8H,6,9H2,1-2H3,(H,18,25)(H,20,24). The summed E-state index contributed by atoms with van der Waals surface area (Å²) >= 11 is 3.35. The fourth-order valence-electron chi connectivity index (χ4n) is 2.32. The Labute approximate surface area is 157 Å². The third-order valence-electron chi connectivity index (χ3n) is 3.66. The molecule has 3 aromatic rings. The fourth-order valence-corrected chi connectivity index (χ4v) is 2.62. The van der Waals surface area contributed by atoms with Gasteiger partial charge in [0.05, 0.1) is 34.9 Å². The Hall–Kier alpha value is -2.88. The van der Waals surface area contributed by atoms with Crippen molar-refractivity contribution in [1.29, 1.82) is 0 Å². The van der Waals surface area contributed by atoms with Gasteiger partial charge in [-0.25, -0.2) is 0 Å². The molecule has 3 heterocycles. The van der Waals surface area contributed by atoms with Gasteiger partial charge in [0.25, 0.3) is 5.91 Å². The SMILES string of the molecule is Cc1c(Br)cnn1CC(=O)Nc1cn(C)nc1C(=O)NCc1ccco1. The molecule has 0 aliphatic carbocycles. The predicted molar refractivity (Wildman–Crippen MR) is 96.4 cm³/mol. The van der Waals surface area contributed by atoms with E-state index >= 15 is 0 Å². The summed E-state index contributed by atoms with van der Waals surface area (Å²) in [5.41, 5.74) is 1.30. The average Bonchev–Trinajstić information content (AvgIpc) is 3.31. The monoisotopic (exact) mass is 420 g/mol. The van der Waals surface area contributed by atoms with E-state index in [1.807, 2.05) is 6.92 Å². The van der Waals surface area contributed by atoms with Crippen LogP contribution >= 0.6 is 15.9 Å². The number of halogens is 1. The van der Waals surface area contributed by atoms with Crippen LogP contribution in [0.15, 0.2) is 39.7 Å². The molecule has 2 N–H and O–H groups in total. The molecule has 0 fully saturated rings. The van der Waals surface area contributed by atoms with Gasteiger partial charge >= 0.3 is 0 Å². The van der Waals surface area contributed by atoms with Gasteiger partial charge in [-0.05, 0) is 35.0 Å². The van der Waals surface area contributed by atoms with Gasteiger partial charge in [-0.1, -0.05) is 0 Å². The fraction of sp³-hybridized carbons (Fsp3) is 0.250. The summed E-state index contributed by atoms with van der Waals surface area (Å²) in [7, 11) is 1.67. The Morgan fingerprint density at radius 1 is 1.38 bits per heavy atom. The maximum atomic E-state index is 12.4. The Morgan fingerprint density at radius 2 is 2.19 bits per heavy atom. The van der Waals surface area contributed by atoms with Gasteiger partial charge in [0, 0.05) is 13.2 Å². The topological polar surface area (TPSA) is 107 Å². The van der Waals surface area contributed by atoms with Crippen molar-refractivity contribution in [2.45, 2.75) is 20.0 Å². The van der Waals surface area contributed by atoms with E-state index in [1.54, 1.807) is 36.3 Å². The molecule has 10 heteroatoms. The number of nitrogens with one attached hydrogen (secondary N) is 2. The zero-order chi connectivity index (χ0) is 18.7. The molecule has 136 valence electrons. The second-order valence-corrected chi connectivity index (χ2v) is 6.47. The number of amides is 2. The van der Waals surface area contributed by atoms with Crippen LogP contribution < -0.4 is 10.6 Å². The lowest BCUT2D eigenvalue weighted by Gasteiger charge is -2.07. The maximum Gasteiger partial charge on any atom is 0.274 e. The highest BCUT2D eigenvalue weighted by molar-refractivity contribution is 9.10. The number of anilines is 1. The Bertz CT molecular complexity index is 928. The second kappa shape index (κ2) is 7.56. The number of hydrogen-bond donors (Lipinski definition) is 2. The molecule has 0 aliphatic rings. The molecule has 3 aromatic heterocycles. The van der Waals surface area contributed by atoms with Crippen LogP contribution in [-0.4, -0.2) is 31.4 Å². The third kappa shape index (κ3) is 4.02. The van der Waals surface area contributed by atoms with E-state index in [9.17, 15) is 9.59 Å². The van der Waals surface area contributed by atoms with Crippen molar-refractivity contribution in [2.24, 2.45) is 7.05 Å². The van der Waals surface area contributed by atoms with E-state index in [2.05, 4.69) is 36.8 Å². The molecule has 0 aliphatic heterocycles. The van der Waals surface area contributed by atoms with Crippen LogP contribution in [0.3, 0.4) is 0 Å². The number of furan rings is 1. The van der Waals surface area contributed by atoms with Crippen LogP contribution in [0.25, 0.3) is 0 Å². The highest BCUT2D eigenvalue weighted by Gasteiger charge is 2.19. The molecule has 0 saturated heterocycles. The first-order valence-corrected chi connectivity index (χ1v) is 8.55. The van der Waals surface area contributed by atoms with Crippen molar-refractivity contribution >= 4 is 33.4 Å². The third-order valence-corrected chi connectivity index (χ3v) is 4.44. The molecule has 0 spiro atoms. The zero-order valence-corrected chi connectivity index (χ0v) is 15.8. The molecule has 0 radical (unpaired) electrons. The number of aryl methyl sites for hydroxylation is 1. The van der Waals surface area contributed by atoms with Crippen molar-refractivity contribution in [1.82, 2.24) is 24.9 Å². The zero-order valence-electron chi connectivity index (χ0n) is 14.2. The molecule has 0 bridgehead atoms. The Balaban J connectivity index is 1.67. The molecule has 26 heavy (non-hydrogen) atoms. The molecule has 0 unspecified atom stereocenters. The van der Waals surface area contributed by atoms with Gasteiger partial charge < -0.3 is 15.1 Å². The molecular formula is C16H17BrN6O3. The second-order valence-electron chi connectivity index (χ2n) is 5.61. The van der Waals surface area contributed by atoms with Crippen molar-refractivity contribution in [3.8, 4) is 0 Å². The van der Waals surface area contributed by atoms with Crippen molar-refractivity contribution < 1.29 is 14.0 Å². The number of nitrogens with zero attached hydrogens (tertiary/aromatic N) is 4. The summed E-state index contributed by atoms with van der Waals surface area (Å²) in [5, 5.41) is 13.7. The Morgan fingerprint density at radius 3 is 2.85 bits per heavy atom. The Kier molecular flexibility index (Phi) is 5.21. The van der Waals surface area contributed by atoms with Crippen LogP contribution in [-0.2, 0) is 24.9 Å². The minimum absolute atomic E-state index is 0.0276. The van der Waals surface area contributed by atoms with Crippen LogP contribution in [0.2, 0.25) is 0 Å². The summed E-state index contributed by atoms with van der Waals surface area (Å²) in [5.74, 6) is -0.0910. The van der Waals surface area contributed by atoms with E-state index in [0.29, 0.717) is 11.4 Å². The molecule has 0 atom stereocenters. The lowest BCUT2D eigenvalue weighted by atomic mass is 10.3. The molecule has 0 saturated carbocycles. The van der Waals surface area contributed by atoms with Gasteiger partial charge in [0.1, 0.15) is 12.3 Å². The van der Waals surface area contributed by atoms with E-state index in [4.69, 9.17) is 4.42 Å². The molecule has 2 amide bonds. The number of carbonyl (C=O) groups is 2. The maximum absolute atomic E-state index is 12.4. The lowest BCUT2D eigenvalue weighted by Crippen LogP contribution is -2.26. The quantitative estimate of drug-likeness (QED) is 0.632. The van der Waals surface area contributed by atoms with Gasteiger partial charge in [-0.3, -0.25) is 19.0 Å². The van der Waals surface area contributed by atoms with Crippen LogP contribution in [0, 0.1) is 6.92 Å². The number of carbonyl (C=O) groups excluding carboxylic acids is 2. The van der Waals surface area contributed by atoms with Crippen molar-refractivity contribution in [2.75, 3.05) is 5.32 Å². The van der Waals surface area contributed by atoms with E-state index in [0.717, 1.165) is 10.2 Å². The summed E-state index contributed by atoms with van der Waals surface area (Å²) in [6.07, 6.45) is 4.73. The van der Waals surface area contributed by atoms with Crippen LogP contribution in [0.1, 0.15) is 21.9 Å². The van der Waals surface area contributed by atoms with Gasteiger partial charge in [-0.15, -0.1) is 0 Å². The molecular weight excluding hydrogens is 404 g/mol. The molecule has 3 rings (SSSR count). The summed E-state index contributed by atoms with van der Waals surface area (Å²) in [6, 6.07) is 3.50. The normalized spacial score (nSPS) is 10.7. The minimum Gasteiger partial charge on any atom is -0.467 e. The largest absolute Gasteiger partial charge is 0.467 e. The first kappa shape index (κ1) is 17.9. The van der Waals surface area contributed by atoms with Crippen LogP contribution in [0.5, 0.6) is 0 Å². The molecule has 9 nitrogen and oxygen atoms in total. The van der Waals surface area contributed by atoms with Gasteiger partial charge in [0.2, 0.25) is 5.91 Å². The lowest BCUT2D eigenvalue weighted by molar-refractivity contribution is -0.116. The highest BCUT2D eigenvalue weighted by atomic mass is 79.9. The van der Waals surface area contributed by atoms with E-state index in [1.165, 1.54) is 10.9 Å². The van der Waals surface area contributed by atoms with E-state index in [-0.39, 0.29) is 24.7 Å². The minimum atomic E-state index is -0.407. The van der Waals surface area contributed by atoms with Gasteiger partial charge in [-0.2, -0.15) is 10.2 Å². The van der Waals surface area contributed by atoms with Crippen molar-refractivity contribution in [3.63, 3.8) is 0 Å². The molecule has 0 aromatic carbocycles. The van der Waals surface area contributed by atoms with Crippen LogP contribution in [0.4, 0.5) is 5.69 Å². The summed E-state index contributed by atoms with van der Waals surface area (Å²) in [4.78, 5) is 24.7. The smallest absolute Gasteiger partial charge is 0.274 e. The van der Waals surface area contributed by atoms with E-state index < -0.39 is 5.91 Å². The number of hydrogen-bond acceptors (Lipinski definition) is 5. The number of rotatable bonds is 6. The highest BCUT2D eigenvalue weighted by Crippen LogP contribution is 2.16. The first-order valence-electron chi connectivity index (χ1n) is 7.76.